The zero-order valence-corrected chi connectivity index (χ0v) is 11.7. The Balaban J connectivity index is 4.83. The van der Waals surface area contributed by atoms with E-state index in [1.54, 1.807) is 6.92 Å². The fourth-order valence-corrected chi connectivity index (χ4v) is 2.21. The average molecular weight is 300 g/mol. The molecule has 0 heterocycles. The van der Waals surface area contributed by atoms with Crippen molar-refractivity contribution < 1.29 is 33.4 Å². The van der Waals surface area contributed by atoms with E-state index < -0.39 is 21.1 Å². The van der Waals surface area contributed by atoms with Gasteiger partial charge in [-0.05, 0) is 12.8 Å². The highest BCUT2D eigenvalue weighted by Crippen LogP contribution is 2.20. The fraction of sp³-hybridized carbons (Fsp3) is 1.00. The summed E-state index contributed by atoms with van der Waals surface area (Å²) in [6.45, 7) is 0.721. The topological polar surface area (TPSA) is 141 Å². The molecule has 0 aromatic carbocycles. The Bertz CT molecular complexity index is 334. The Morgan fingerprint density at radius 3 is 2.05 bits per heavy atom. The standard InChI is InChI=1S/C10H23NO7S/c1-2-10(7-13,8-14)11(5-6-12)4-3-9(15)19(16,17)18/h9,12-15H,2-8H2,1H3,(H,16,17,18)/p-1. The molecular formula is C10H22NO7S-. The first-order valence-electron chi connectivity index (χ1n) is 5.97. The average Bonchev–Trinajstić information content (AvgIpc) is 2.36. The Morgan fingerprint density at radius 2 is 1.74 bits per heavy atom. The second-order valence-electron chi connectivity index (χ2n) is 4.34. The van der Waals surface area contributed by atoms with Crippen molar-refractivity contribution in [2.75, 3.05) is 32.9 Å². The van der Waals surface area contributed by atoms with Gasteiger partial charge in [0.25, 0.3) is 0 Å². The third-order valence-corrected chi connectivity index (χ3v) is 4.17. The van der Waals surface area contributed by atoms with Crippen molar-refractivity contribution >= 4 is 10.1 Å². The molecule has 0 aromatic rings. The molecule has 19 heavy (non-hydrogen) atoms. The van der Waals surface area contributed by atoms with Crippen LogP contribution >= 0.6 is 0 Å². The Labute approximate surface area is 113 Å². The maximum absolute atomic E-state index is 10.6. The van der Waals surface area contributed by atoms with Gasteiger partial charge in [0.2, 0.25) is 0 Å². The van der Waals surface area contributed by atoms with Crippen LogP contribution < -0.4 is 0 Å². The van der Waals surface area contributed by atoms with Crippen molar-refractivity contribution in [2.24, 2.45) is 0 Å². The number of aliphatic hydroxyl groups is 4. The van der Waals surface area contributed by atoms with Gasteiger partial charge >= 0.3 is 0 Å². The number of β-amino-alcohol motifs (C(OH)–C–C–N with tert-alkyl or cyclic N) is 1. The van der Waals surface area contributed by atoms with Gasteiger partial charge in [0.1, 0.15) is 15.6 Å². The molecule has 0 spiro atoms. The van der Waals surface area contributed by atoms with Crippen molar-refractivity contribution in [3.63, 3.8) is 0 Å². The summed E-state index contributed by atoms with van der Waals surface area (Å²) in [5.74, 6) is 0. The normalized spacial score (nSPS) is 14.9. The summed E-state index contributed by atoms with van der Waals surface area (Å²) in [7, 11) is -4.79. The predicted octanol–water partition coefficient (Wildman–Crippen LogP) is -2.33. The van der Waals surface area contributed by atoms with Gasteiger partial charge in [-0.25, -0.2) is 8.42 Å². The van der Waals surface area contributed by atoms with Crippen molar-refractivity contribution in [3.8, 4) is 0 Å². The van der Waals surface area contributed by atoms with Crippen LogP contribution in [-0.4, -0.2) is 82.2 Å². The van der Waals surface area contributed by atoms with Gasteiger partial charge in [-0.2, -0.15) is 0 Å². The third-order valence-electron chi connectivity index (χ3n) is 3.27. The summed E-state index contributed by atoms with van der Waals surface area (Å²) in [6, 6.07) is 0. The molecule has 1 unspecified atom stereocenters. The van der Waals surface area contributed by atoms with Gasteiger partial charge < -0.3 is 25.0 Å². The molecule has 0 aliphatic rings. The molecule has 8 nitrogen and oxygen atoms in total. The van der Waals surface area contributed by atoms with Gasteiger partial charge in [0, 0.05) is 13.1 Å². The van der Waals surface area contributed by atoms with E-state index in [1.165, 1.54) is 4.90 Å². The van der Waals surface area contributed by atoms with Crippen molar-refractivity contribution in [3.05, 3.63) is 0 Å². The lowest BCUT2D eigenvalue weighted by atomic mass is 9.95. The van der Waals surface area contributed by atoms with Gasteiger partial charge in [-0.3, -0.25) is 4.90 Å². The zero-order chi connectivity index (χ0) is 15.1. The Hall–Kier alpha value is -0.290. The first kappa shape index (κ1) is 18.7. The smallest absolute Gasteiger partial charge is 0.144 e. The molecule has 4 N–H and O–H groups in total. The van der Waals surface area contributed by atoms with E-state index in [9.17, 15) is 28.3 Å². The minimum atomic E-state index is -4.79. The van der Waals surface area contributed by atoms with Crippen LogP contribution in [0.2, 0.25) is 0 Å². The fourth-order valence-electron chi connectivity index (χ4n) is 1.81. The summed E-state index contributed by atoms with van der Waals surface area (Å²) in [4.78, 5) is 1.47. The van der Waals surface area contributed by atoms with Crippen LogP contribution in [0.5, 0.6) is 0 Å². The molecule has 0 radical (unpaired) electrons. The Kier molecular flexibility index (Phi) is 7.98. The molecule has 9 heteroatoms. The summed E-state index contributed by atoms with van der Waals surface area (Å²) >= 11 is 0. The molecule has 0 amide bonds. The summed E-state index contributed by atoms with van der Waals surface area (Å²) in [5, 5.41) is 36.9. The highest BCUT2D eigenvalue weighted by molar-refractivity contribution is 7.86. The summed E-state index contributed by atoms with van der Waals surface area (Å²) in [5.41, 5.74) is -3.06. The number of hydrogen-bond donors (Lipinski definition) is 4. The lowest BCUT2D eigenvalue weighted by Crippen LogP contribution is -2.55. The number of nitrogens with zero attached hydrogens (tertiary/aromatic N) is 1. The summed E-state index contributed by atoms with van der Waals surface area (Å²) in [6.07, 6.45) is 0.00774. The van der Waals surface area contributed by atoms with E-state index in [1.807, 2.05) is 0 Å². The van der Waals surface area contributed by atoms with Crippen LogP contribution in [0.15, 0.2) is 0 Å². The molecule has 0 bridgehead atoms. The van der Waals surface area contributed by atoms with Gasteiger partial charge in [-0.15, -0.1) is 0 Å². The monoisotopic (exact) mass is 300 g/mol. The van der Waals surface area contributed by atoms with Crippen molar-refractivity contribution in [2.45, 2.75) is 30.7 Å². The number of hydrogen-bond acceptors (Lipinski definition) is 8. The zero-order valence-electron chi connectivity index (χ0n) is 10.9. The molecular weight excluding hydrogens is 278 g/mol. The van der Waals surface area contributed by atoms with Crippen LogP contribution in [0.3, 0.4) is 0 Å². The lowest BCUT2D eigenvalue weighted by molar-refractivity contribution is -0.0270. The molecule has 1 atom stereocenters. The second-order valence-corrected chi connectivity index (χ2v) is 5.87. The van der Waals surface area contributed by atoms with Crippen molar-refractivity contribution in [1.82, 2.24) is 4.90 Å². The molecule has 0 fully saturated rings. The van der Waals surface area contributed by atoms with Crippen molar-refractivity contribution in [1.29, 1.82) is 0 Å². The third kappa shape index (κ3) is 5.30. The van der Waals surface area contributed by atoms with Gasteiger partial charge in [0.05, 0.1) is 25.4 Å². The number of rotatable bonds is 10. The lowest BCUT2D eigenvalue weighted by Gasteiger charge is -2.41. The van der Waals surface area contributed by atoms with Crippen LogP contribution in [0, 0.1) is 0 Å². The van der Waals surface area contributed by atoms with Crippen LogP contribution in [0.4, 0.5) is 0 Å². The summed E-state index contributed by atoms with van der Waals surface area (Å²) < 4.78 is 31.8. The van der Waals surface area contributed by atoms with Gasteiger partial charge in [-0.1, -0.05) is 6.92 Å². The van der Waals surface area contributed by atoms with E-state index in [0.717, 1.165) is 0 Å². The predicted molar refractivity (Wildman–Crippen MR) is 66.2 cm³/mol. The number of aliphatic hydroxyl groups excluding tert-OH is 4. The minimum absolute atomic E-state index is 0.0435. The molecule has 0 saturated heterocycles. The minimum Gasteiger partial charge on any atom is -0.746 e. The van der Waals surface area contributed by atoms with Crippen LogP contribution in [0.1, 0.15) is 19.8 Å². The van der Waals surface area contributed by atoms with E-state index in [4.69, 9.17) is 5.11 Å². The van der Waals surface area contributed by atoms with Crippen LogP contribution in [0.25, 0.3) is 0 Å². The van der Waals surface area contributed by atoms with E-state index in [-0.39, 0.29) is 39.3 Å². The quantitative estimate of drug-likeness (QED) is 0.329. The van der Waals surface area contributed by atoms with E-state index in [2.05, 4.69) is 0 Å². The van der Waals surface area contributed by atoms with Gasteiger partial charge in [0.15, 0.2) is 0 Å². The maximum Gasteiger partial charge on any atom is 0.144 e. The molecule has 0 aliphatic carbocycles. The largest absolute Gasteiger partial charge is 0.746 e. The highest BCUT2D eigenvalue weighted by atomic mass is 32.2. The second kappa shape index (κ2) is 8.10. The van der Waals surface area contributed by atoms with E-state index in [0.29, 0.717) is 6.42 Å². The van der Waals surface area contributed by atoms with Crippen LogP contribution in [-0.2, 0) is 10.1 Å². The molecule has 0 saturated carbocycles. The molecule has 0 aromatic heterocycles. The van der Waals surface area contributed by atoms with E-state index >= 15 is 0 Å². The highest BCUT2D eigenvalue weighted by Gasteiger charge is 2.34. The molecule has 0 aliphatic heterocycles. The maximum atomic E-state index is 10.6. The first-order valence-corrected chi connectivity index (χ1v) is 7.45. The first-order chi connectivity index (χ1) is 8.77. The SMILES string of the molecule is CCC(CO)(CO)N(CCO)CCC(O)S(=O)(=O)[O-]. The molecule has 0 rings (SSSR count). The molecule has 116 valence electrons. The Morgan fingerprint density at radius 1 is 1.21 bits per heavy atom.